The lowest BCUT2D eigenvalue weighted by Crippen LogP contribution is -2.46. The van der Waals surface area contributed by atoms with Crippen molar-refractivity contribution >= 4 is 17.5 Å². The second-order valence-corrected chi connectivity index (χ2v) is 8.77. The van der Waals surface area contributed by atoms with E-state index >= 15 is 4.39 Å². The molecule has 1 aliphatic heterocycles. The van der Waals surface area contributed by atoms with Crippen molar-refractivity contribution in [2.24, 2.45) is 0 Å². The molecule has 1 aliphatic carbocycles. The first kappa shape index (κ1) is 23.9. The number of hydrogen-bond donors (Lipinski definition) is 3. The Morgan fingerprint density at radius 1 is 1.24 bits per heavy atom. The number of benzene rings is 2. The van der Waals surface area contributed by atoms with Crippen LogP contribution in [-0.2, 0) is 33.6 Å². The molecule has 7 nitrogen and oxygen atoms in total. The van der Waals surface area contributed by atoms with E-state index in [-0.39, 0.29) is 18.2 Å². The standard InChI is InChI=1S/C26H29FN4O3/c1-16(32)30-24-9-8-20(21-4-2-5-22(21)24)17-6-7-18(23(27)13-17)12-19(14-28)31-26(33)25-15-29-10-3-11-34-25/h6-9,13,19,25,29H,2-5,10-12,15H2,1H3,(H,30,32)(H,31,33). The number of nitrogens with zero attached hydrogens (tertiary/aromatic N) is 1. The minimum Gasteiger partial charge on any atom is -0.367 e. The number of nitriles is 1. The maximum Gasteiger partial charge on any atom is 0.251 e. The first-order chi connectivity index (χ1) is 16.5. The summed E-state index contributed by atoms with van der Waals surface area (Å²) >= 11 is 0. The predicted molar refractivity (Wildman–Crippen MR) is 127 cm³/mol. The second-order valence-electron chi connectivity index (χ2n) is 8.77. The van der Waals surface area contributed by atoms with Crippen molar-refractivity contribution in [3.63, 3.8) is 0 Å². The van der Waals surface area contributed by atoms with Gasteiger partial charge in [0.25, 0.3) is 5.91 Å². The molecule has 0 bridgehead atoms. The Balaban J connectivity index is 1.49. The third-order valence-corrected chi connectivity index (χ3v) is 6.29. The first-order valence-electron chi connectivity index (χ1n) is 11.7. The third-order valence-electron chi connectivity index (χ3n) is 6.29. The lowest BCUT2D eigenvalue weighted by Gasteiger charge is -2.18. The number of amides is 2. The Kier molecular flexibility index (Phi) is 7.56. The smallest absolute Gasteiger partial charge is 0.251 e. The van der Waals surface area contributed by atoms with Gasteiger partial charge in [0.05, 0.1) is 6.07 Å². The highest BCUT2D eigenvalue weighted by molar-refractivity contribution is 5.91. The van der Waals surface area contributed by atoms with Crippen LogP contribution in [-0.4, -0.2) is 43.7 Å². The van der Waals surface area contributed by atoms with Crippen LogP contribution in [0.1, 0.15) is 36.5 Å². The highest BCUT2D eigenvalue weighted by atomic mass is 19.1. The topological polar surface area (TPSA) is 103 Å². The second kappa shape index (κ2) is 10.8. The van der Waals surface area contributed by atoms with E-state index in [1.165, 1.54) is 13.0 Å². The predicted octanol–water partition coefficient (Wildman–Crippen LogP) is 2.87. The van der Waals surface area contributed by atoms with Gasteiger partial charge in [-0.1, -0.05) is 18.2 Å². The summed E-state index contributed by atoms with van der Waals surface area (Å²) in [6, 6.07) is 9.99. The zero-order valence-corrected chi connectivity index (χ0v) is 19.2. The number of carbonyl (C=O) groups is 2. The first-order valence-corrected chi connectivity index (χ1v) is 11.7. The zero-order valence-electron chi connectivity index (χ0n) is 19.2. The molecule has 2 atom stereocenters. The summed E-state index contributed by atoms with van der Waals surface area (Å²) in [6.45, 7) is 3.13. The molecule has 4 rings (SSSR count). The molecule has 34 heavy (non-hydrogen) atoms. The number of fused-ring (bicyclic) bond motifs is 1. The van der Waals surface area contributed by atoms with Crippen LogP contribution in [0.5, 0.6) is 0 Å². The number of nitrogens with one attached hydrogen (secondary N) is 3. The number of ether oxygens (including phenoxy) is 1. The third kappa shape index (κ3) is 5.44. The SMILES string of the molecule is CC(=O)Nc1ccc(-c2ccc(CC(C#N)NC(=O)C3CNCCCO3)c(F)c2)c2c1CCC2. The Hall–Kier alpha value is -3.28. The van der Waals surface area contributed by atoms with Gasteiger partial charge in [-0.05, 0) is 72.2 Å². The summed E-state index contributed by atoms with van der Waals surface area (Å²) < 4.78 is 20.6. The largest absolute Gasteiger partial charge is 0.367 e. The van der Waals surface area contributed by atoms with Gasteiger partial charge in [0, 0.05) is 32.2 Å². The highest BCUT2D eigenvalue weighted by Gasteiger charge is 2.25. The van der Waals surface area contributed by atoms with Crippen molar-refractivity contribution in [3.05, 3.63) is 52.8 Å². The summed E-state index contributed by atoms with van der Waals surface area (Å²) in [5.74, 6) is -0.900. The molecule has 1 heterocycles. The Labute approximate surface area is 198 Å². The molecule has 1 fully saturated rings. The van der Waals surface area contributed by atoms with E-state index in [9.17, 15) is 14.9 Å². The van der Waals surface area contributed by atoms with Gasteiger partial charge in [0.15, 0.2) is 0 Å². The number of carbonyl (C=O) groups excluding carboxylic acids is 2. The molecule has 2 aromatic carbocycles. The van der Waals surface area contributed by atoms with Crippen molar-refractivity contribution in [2.75, 3.05) is 25.0 Å². The zero-order chi connectivity index (χ0) is 24.1. The van der Waals surface area contributed by atoms with Gasteiger partial charge in [-0.25, -0.2) is 4.39 Å². The van der Waals surface area contributed by atoms with Crippen LogP contribution in [0.25, 0.3) is 11.1 Å². The van der Waals surface area contributed by atoms with E-state index in [2.05, 4.69) is 22.0 Å². The number of rotatable bonds is 6. The lowest BCUT2D eigenvalue weighted by molar-refractivity contribution is -0.132. The van der Waals surface area contributed by atoms with E-state index in [1.807, 2.05) is 18.2 Å². The molecule has 2 amide bonds. The molecule has 2 unspecified atom stereocenters. The molecular weight excluding hydrogens is 435 g/mol. The number of anilines is 1. The minimum atomic E-state index is -0.860. The Morgan fingerprint density at radius 3 is 2.82 bits per heavy atom. The summed E-state index contributed by atoms with van der Waals surface area (Å²) in [6.07, 6.45) is 2.97. The molecule has 0 aromatic heterocycles. The minimum absolute atomic E-state index is 0.0636. The van der Waals surface area contributed by atoms with Gasteiger partial charge in [-0.3, -0.25) is 9.59 Å². The molecule has 0 saturated carbocycles. The van der Waals surface area contributed by atoms with Gasteiger partial charge in [0.1, 0.15) is 18.0 Å². The summed E-state index contributed by atoms with van der Waals surface area (Å²) in [5.41, 5.74) is 5.14. The average Bonchev–Trinajstić information content (AvgIpc) is 3.15. The van der Waals surface area contributed by atoms with E-state index in [4.69, 9.17) is 4.74 Å². The normalized spacial score (nSPS) is 18.3. The van der Waals surface area contributed by atoms with E-state index in [0.717, 1.165) is 60.2 Å². The Bertz CT molecular complexity index is 1120. The van der Waals surface area contributed by atoms with E-state index in [1.54, 1.807) is 6.07 Å². The van der Waals surface area contributed by atoms with Crippen molar-refractivity contribution in [1.29, 1.82) is 5.26 Å². The summed E-state index contributed by atoms with van der Waals surface area (Å²) in [7, 11) is 0. The molecule has 3 N–H and O–H groups in total. The summed E-state index contributed by atoms with van der Waals surface area (Å²) in [4.78, 5) is 24.0. The molecule has 178 valence electrons. The van der Waals surface area contributed by atoms with Crippen LogP contribution < -0.4 is 16.0 Å². The molecular formula is C26H29FN4O3. The average molecular weight is 465 g/mol. The highest BCUT2D eigenvalue weighted by Crippen LogP contribution is 2.37. The van der Waals surface area contributed by atoms with Crippen LogP contribution in [0.2, 0.25) is 0 Å². The fourth-order valence-electron chi connectivity index (χ4n) is 4.66. The van der Waals surface area contributed by atoms with Gasteiger partial charge in [-0.15, -0.1) is 0 Å². The van der Waals surface area contributed by atoms with E-state index in [0.29, 0.717) is 18.7 Å². The fraction of sp³-hybridized carbons (Fsp3) is 0.423. The van der Waals surface area contributed by atoms with Gasteiger partial charge in [0.2, 0.25) is 5.91 Å². The lowest BCUT2D eigenvalue weighted by atomic mass is 9.94. The van der Waals surface area contributed by atoms with Gasteiger partial charge in [-0.2, -0.15) is 5.26 Å². The molecule has 0 spiro atoms. The summed E-state index contributed by atoms with van der Waals surface area (Å²) in [5, 5.41) is 18.2. The van der Waals surface area contributed by atoms with Crippen LogP contribution in [0.15, 0.2) is 30.3 Å². The Morgan fingerprint density at radius 2 is 2.06 bits per heavy atom. The van der Waals surface area contributed by atoms with Crippen LogP contribution in [0.4, 0.5) is 10.1 Å². The quantitative estimate of drug-likeness (QED) is 0.610. The monoisotopic (exact) mass is 464 g/mol. The molecule has 1 saturated heterocycles. The maximum atomic E-state index is 15.1. The molecule has 8 heteroatoms. The maximum absolute atomic E-state index is 15.1. The van der Waals surface area contributed by atoms with Crippen molar-refractivity contribution < 1.29 is 18.7 Å². The molecule has 2 aliphatic rings. The van der Waals surface area contributed by atoms with Gasteiger partial charge >= 0.3 is 0 Å². The number of halogens is 1. The fourth-order valence-corrected chi connectivity index (χ4v) is 4.66. The van der Waals surface area contributed by atoms with Crippen LogP contribution in [0, 0.1) is 17.1 Å². The molecule has 0 radical (unpaired) electrons. The van der Waals surface area contributed by atoms with Crippen molar-refractivity contribution in [1.82, 2.24) is 10.6 Å². The van der Waals surface area contributed by atoms with Crippen LogP contribution in [0.3, 0.4) is 0 Å². The van der Waals surface area contributed by atoms with Crippen LogP contribution >= 0.6 is 0 Å². The molecule has 2 aromatic rings. The number of hydrogen-bond acceptors (Lipinski definition) is 5. The van der Waals surface area contributed by atoms with Crippen molar-refractivity contribution in [3.8, 4) is 17.2 Å². The van der Waals surface area contributed by atoms with Crippen molar-refractivity contribution in [2.45, 2.75) is 51.2 Å². The van der Waals surface area contributed by atoms with E-state index < -0.39 is 18.0 Å². The van der Waals surface area contributed by atoms with Gasteiger partial charge < -0.3 is 20.7 Å².